The fraction of sp³-hybridized carbons (Fsp3) is 0.250. The first kappa shape index (κ1) is 19.3. The third-order valence-electron chi connectivity index (χ3n) is 3.77. The van der Waals surface area contributed by atoms with E-state index < -0.39 is 0 Å². The molecule has 0 fully saturated rings. The third-order valence-corrected chi connectivity index (χ3v) is 3.77. The maximum absolute atomic E-state index is 11.6. The molecule has 2 N–H and O–H groups in total. The first-order valence-corrected chi connectivity index (χ1v) is 7.95. The number of ketones is 1. The second kappa shape index (κ2) is 8.40. The highest BCUT2D eigenvalue weighted by molar-refractivity contribution is 5.95. The molecule has 0 saturated carbocycles. The van der Waals surface area contributed by atoms with Crippen LogP contribution < -0.4 is 14.2 Å². The van der Waals surface area contributed by atoms with Crippen LogP contribution >= 0.6 is 0 Å². The Kier molecular flexibility index (Phi) is 6.25. The van der Waals surface area contributed by atoms with Crippen LogP contribution in [0, 0.1) is 0 Å². The van der Waals surface area contributed by atoms with Crippen molar-refractivity contribution in [3.8, 4) is 23.0 Å². The first-order chi connectivity index (χ1) is 12.4. The van der Waals surface area contributed by atoms with Crippen molar-refractivity contribution in [2.24, 2.45) is 0 Å². The van der Waals surface area contributed by atoms with Crippen molar-refractivity contribution in [3.05, 3.63) is 52.8 Å². The number of aliphatic hydroxyl groups excluding tert-OH is 1. The number of hydrogen-bond acceptors (Lipinski definition) is 6. The number of allylic oxidation sites excluding steroid dienone is 1. The summed E-state index contributed by atoms with van der Waals surface area (Å²) >= 11 is 0. The first-order valence-electron chi connectivity index (χ1n) is 7.95. The van der Waals surface area contributed by atoms with E-state index in [-0.39, 0.29) is 18.1 Å². The zero-order valence-electron chi connectivity index (χ0n) is 15.2. The largest absolute Gasteiger partial charge is 0.508 e. The molecule has 0 bridgehead atoms. The van der Waals surface area contributed by atoms with Gasteiger partial charge in [0.2, 0.25) is 5.75 Å². The summed E-state index contributed by atoms with van der Waals surface area (Å²) in [6.45, 7) is 2.95. The molecular weight excluding hydrogens is 336 g/mol. The fourth-order valence-corrected chi connectivity index (χ4v) is 2.43. The summed E-state index contributed by atoms with van der Waals surface area (Å²) in [5, 5.41) is 18.9. The number of aliphatic hydroxyl groups is 1. The summed E-state index contributed by atoms with van der Waals surface area (Å²) in [7, 11) is 2.97. The van der Waals surface area contributed by atoms with E-state index in [4.69, 9.17) is 14.2 Å². The highest BCUT2D eigenvalue weighted by Crippen LogP contribution is 2.40. The van der Waals surface area contributed by atoms with Crippen LogP contribution in [-0.2, 0) is 6.61 Å². The van der Waals surface area contributed by atoms with E-state index in [2.05, 4.69) is 0 Å². The van der Waals surface area contributed by atoms with Gasteiger partial charge in [-0.25, -0.2) is 0 Å². The van der Waals surface area contributed by atoms with Crippen LogP contribution in [-0.4, -0.2) is 30.2 Å². The van der Waals surface area contributed by atoms with Crippen LogP contribution in [0.3, 0.4) is 0 Å². The molecule has 26 heavy (non-hydrogen) atoms. The van der Waals surface area contributed by atoms with Crippen LogP contribution in [0.2, 0.25) is 0 Å². The molecule has 0 heterocycles. The molecule has 6 heteroatoms. The lowest BCUT2D eigenvalue weighted by Crippen LogP contribution is -2.01. The van der Waals surface area contributed by atoms with Gasteiger partial charge in [0.05, 0.1) is 20.8 Å². The summed E-state index contributed by atoms with van der Waals surface area (Å²) in [6.07, 6.45) is 1.75. The van der Waals surface area contributed by atoms with Gasteiger partial charge in [-0.1, -0.05) is 6.07 Å². The minimum atomic E-state index is -0.262. The maximum Gasteiger partial charge on any atom is 0.210 e. The Balaban J connectivity index is 2.38. The zero-order chi connectivity index (χ0) is 19.3. The molecule has 0 aliphatic rings. The summed E-state index contributed by atoms with van der Waals surface area (Å²) in [6, 6.07) is 8.06. The fourth-order valence-electron chi connectivity index (χ4n) is 2.43. The van der Waals surface area contributed by atoms with Crippen LogP contribution in [0.15, 0.2) is 36.1 Å². The van der Waals surface area contributed by atoms with Gasteiger partial charge in [-0.15, -0.1) is 0 Å². The molecule has 138 valence electrons. The number of carbonyl (C=O) groups excluding carboxylic acids is 1. The Hall–Kier alpha value is -2.99. The van der Waals surface area contributed by atoms with Crippen LogP contribution in [0.1, 0.15) is 35.3 Å². The molecule has 0 aromatic heterocycles. The number of carbonyl (C=O) groups is 1. The van der Waals surface area contributed by atoms with E-state index >= 15 is 0 Å². The van der Waals surface area contributed by atoms with Crippen LogP contribution in [0.25, 0.3) is 6.08 Å². The summed E-state index contributed by atoms with van der Waals surface area (Å²) in [5.74, 6) is 1.57. The molecule has 0 saturated heterocycles. The molecule has 2 aromatic rings. The molecule has 0 radical (unpaired) electrons. The van der Waals surface area contributed by atoms with Gasteiger partial charge in [-0.3, -0.25) is 4.79 Å². The topological polar surface area (TPSA) is 85.2 Å². The number of rotatable bonds is 7. The number of benzene rings is 2. The Morgan fingerprint density at radius 1 is 1.08 bits per heavy atom. The number of ether oxygens (including phenoxy) is 3. The van der Waals surface area contributed by atoms with Crippen molar-refractivity contribution in [3.63, 3.8) is 0 Å². The van der Waals surface area contributed by atoms with Crippen molar-refractivity contribution >= 4 is 11.9 Å². The predicted molar refractivity (Wildman–Crippen MR) is 97.9 cm³/mol. The molecule has 0 unspecified atom stereocenters. The average Bonchev–Trinajstić information content (AvgIpc) is 2.62. The van der Waals surface area contributed by atoms with Gasteiger partial charge in [0.25, 0.3) is 0 Å². The minimum absolute atomic E-state index is 0.0337. The third kappa shape index (κ3) is 4.34. The number of methoxy groups -OCH3 is 2. The van der Waals surface area contributed by atoms with Gasteiger partial charge >= 0.3 is 0 Å². The Morgan fingerprint density at radius 3 is 2.19 bits per heavy atom. The van der Waals surface area contributed by atoms with E-state index in [9.17, 15) is 15.0 Å². The van der Waals surface area contributed by atoms with Crippen molar-refractivity contribution < 1.29 is 29.2 Å². The smallest absolute Gasteiger partial charge is 0.210 e. The van der Waals surface area contributed by atoms with Gasteiger partial charge in [0.15, 0.2) is 17.3 Å². The van der Waals surface area contributed by atoms with E-state index in [0.29, 0.717) is 34.1 Å². The van der Waals surface area contributed by atoms with Crippen molar-refractivity contribution in [2.45, 2.75) is 20.5 Å². The number of aromatic hydroxyl groups is 1. The highest BCUT2D eigenvalue weighted by atomic mass is 16.5. The van der Waals surface area contributed by atoms with Gasteiger partial charge in [-0.05, 0) is 49.8 Å². The molecule has 2 rings (SSSR count). The molecule has 0 amide bonds. The normalized spacial score (nSPS) is 11.2. The predicted octanol–water partition coefficient (Wildman–Crippen LogP) is 3.54. The second-order valence-electron chi connectivity index (χ2n) is 5.67. The van der Waals surface area contributed by atoms with Gasteiger partial charge in [-0.2, -0.15) is 0 Å². The molecular formula is C20H22O6. The lowest BCUT2D eigenvalue weighted by atomic mass is 10.1. The summed E-state index contributed by atoms with van der Waals surface area (Å²) in [4.78, 5) is 11.6. The average molecular weight is 358 g/mol. The summed E-state index contributed by atoms with van der Waals surface area (Å²) in [5.41, 5.74) is 1.63. The molecule has 0 aliphatic heterocycles. The van der Waals surface area contributed by atoms with Gasteiger partial charge in [0.1, 0.15) is 11.5 Å². The maximum atomic E-state index is 11.6. The second-order valence-corrected chi connectivity index (χ2v) is 5.67. The lowest BCUT2D eigenvalue weighted by molar-refractivity contribution is 0.101. The zero-order valence-corrected chi connectivity index (χ0v) is 15.2. The standard InChI is InChI=1S/C20H22O6/c1-12(7-14-5-6-17(23)16(8-14)11-21)26-20-18(24-3)9-15(13(2)22)10-19(20)25-4/h5-10,21,23H,11H2,1-4H3. The van der Waals surface area contributed by atoms with Crippen LogP contribution in [0.4, 0.5) is 0 Å². The highest BCUT2D eigenvalue weighted by Gasteiger charge is 2.17. The van der Waals surface area contributed by atoms with Gasteiger partial charge in [0, 0.05) is 11.1 Å². The Morgan fingerprint density at radius 2 is 1.69 bits per heavy atom. The van der Waals surface area contributed by atoms with E-state index in [1.54, 1.807) is 37.3 Å². The van der Waals surface area contributed by atoms with Crippen molar-refractivity contribution in [1.29, 1.82) is 0 Å². The van der Waals surface area contributed by atoms with E-state index in [0.717, 1.165) is 5.56 Å². The van der Waals surface area contributed by atoms with Crippen LogP contribution in [0.5, 0.6) is 23.0 Å². The molecule has 0 aliphatic carbocycles. The number of phenols is 1. The Labute approximate surface area is 152 Å². The van der Waals surface area contributed by atoms with Crippen molar-refractivity contribution in [2.75, 3.05) is 14.2 Å². The Bertz CT molecular complexity index is 813. The van der Waals surface area contributed by atoms with E-state index in [1.165, 1.54) is 27.2 Å². The molecule has 6 nitrogen and oxygen atoms in total. The molecule has 0 atom stereocenters. The summed E-state index contributed by atoms with van der Waals surface area (Å²) < 4.78 is 16.5. The molecule has 0 spiro atoms. The SMILES string of the molecule is COc1cc(C(C)=O)cc(OC)c1OC(C)=Cc1ccc(O)c(CO)c1. The quantitative estimate of drug-likeness (QED) is 0.582. The number of hydrogen-bond donors (Lipinski definition) is 2. The van der Waals surface area contributed by atoms with Crippen molar-refractivity contribution in [1.82, 2.24) is 0 Å². The molecule has 2 aromatic carbocycles. The van der Waals surface area contributed by atoms with E-state index in [1.807, 2.05) is 0 Å². The van der Waals surface area contributed by atoms with Gasteiger partial charge < -0.3 is 24.4 Å². The minimum Gasteiger partial charge on any atom is -0.508 e. The lowest BCUT2D eigenvalue weighted by Gasteiger charge is -2.15. The monoisotopic (exact) mass is 358 g/mol. The number of Topliss-reactive ketones (excluding diaryl/α,β-unsaturated/α-hetero) is 1.